The van der Waals surface area contributed by atoms with E-state index in [1.54, 1.807) is 7.11 Å². The average Bonchev–Trinajstić information content (AvgIpc) is 3.56. The van der Waals surface area contributed by atoms with Gasteiger partial charge in [-0.3, -0.25) is 0 Å². The number of fused-ring (bicyclic) bond motifs is 2. The smallest absolute Gasteiger partial charge is 0.320 e. The monoisotopic (exact) mass is 496 g/mol. The van der Waals surface area contributed by atoms with Crippen LogP contribution in [0.2, 0.25) is 0 Å². The van der Waals surface area contributed by atoms with Crippen LogP contribution in [-0.4, -0.2) is 93.5 Å². The van der Waals surface area contributed by atoms with Crippen molar-refractivity contribution in [2.75, 3.05) is 58.0 Å². The minimum atomic E-state index is 0.226. The molecule has 1 N–H and O–H groups in total. The molecule has 0 saturated carbocycles. The van der Waals surface area contributed by atoms with Crippen molar-refractivity contribution in [2.45, 2.75) is 36.3 Å². The van der Waals surface area contributed by atoms with Gasteiger partial charge in [-0.25, -0.2) is 4.68 Å². The molecule has 10 heteroatoms. The first-order valence-electron chi connectivity index (χ1n) is 12.4. The molecule has 5 heterocycles. The number of hydrogen-bond donors (Lipinski definition) is 1. The van der Waals surface area contributed by atoms with Crippen LogP contribution in [0.4, 0.5) is 5.82 Å². The number of ether oxygens (including phenoxy) is 2. The maximum Gasteiger partial charge on any atom is 0.320 e. The maximum atomic E-state index is 9.27. The van der Waals surface area contributed by atoms with E-state index in [0.29, 0.717) is 35.0 Å². The molecule has 1 aromatic carbocycles. The van der Waals surface area contributed by atoms with E-state index in [9.17, 15) is 5.11 Å². The molecule has 3 saturated heterocycles. The molecule has 35 heavy (non-hydrogen) atoms. The standard InChI is InChI=1S/C25H32N6O3S/c1-16-11-18-14-26-31(20(18)12-19(16)17-3-5-29(6-4-17)7-9-32)23-13-22(27-25(28-23)33-2)30-8-10-34-15-21-24(30)35-21/h11-14,17,21,24,32H,3-10,15H2,1-2H3. The van der Waals surface area contributed by atoms with Crippen LogP contribution in [0.1, 0.15) is 29.9 Å². The van der Waals surface area contributed by atoms with Crippen LogP contribution >= 0.6 is 11.8 Å². The molecule has 2 unspecified atom stereocenters. The minimum absolute atomic E-state index is 0.226. The van der Waals surface area contributed by atoms with Gasteiger partial charge in [0, 0.05) is 24.5 Å². The van der Waals surface area contributed by atoms with Gasteiger partial charge in [-0.2, -0.15) is 15.1 Å². The van der Waals surface area contributed by atoms with Gasteiger partial charge >= 0.3 is 6.01 Å². The Morgan fingerprint density at radius 1 is 1.14 bits per heavy atom. The Morgan fingerprint density at radius 3 is 2.77 bits per heavy atom. The van der Waals surface area contributed by atoms with Gasteiger partial charge in [-0.15, -0.1) is 11.8 Å². The topological polar surface area (TPSA) is 88.8 Å². The molecule has 3 fully saturated rings. The lowest BCUT2D eigenvalue weighted by Crippen LogP contribution is -2.35. The molecule has 3 aliphatic heterocycles. The number of aliphatic hydroxyl groups is 1. The van der Waals surface area contributed by atoms with Crippen molar-refractivity contribution in [3.8, 4) is 11.8 Å². The Hall–Kier alpha value is -2.40. The summed E-state index contributed by atoms with van der Waals surface area (Å²) in [6, 6.07) is 6.90. The Bertz CT molecular complexity index is 1210. The summed E-state index contributed by atoms with van der Waals surface area (Å²) in [5, 5.41) is 16.0. The minimum Gasteiger partial charge on any atom is -0.467 e. The van der Waals surface area contributed by atoms with Gasteiger partial charge in [0.15, 0.2) is 5.82 Å². The van der Waals surface area contributed by atoms with E-state index in [4.69, 9.17) is 14.6 Å². The van der Waals surface area contributed by atoms with Crippen molar-refractivity contribution in [1.82, 2.24) is 24.6 Å². The first-order valence-corrected chi connectivity index (χ1v) is 13.3. The zero-order chi connectivity index (χ0) is 23.9. The third kappa shape index (κ3) is 4.48. The molecule has 0 aliphatic carbocycles. The Balaban J connectivity index is 1.35. The second-order valence-corrected chi connectivity index (χ2v) is 10.9. The number of rotatable bonds is 6. The quantitative estimate of drug-likeness (QED) is 0.517. The Labute approximate surface area is 209 Å². The fourth-order valence-electron chi connectivity index (χ4n) is 5.45. The summed E-state index contributed by atoms with van der Waals surface area (Å²) < 4.78 is 13.2. The highest BCUT2D eigenvalue weighted by Gasteiger charge is 2.45. The zero-order valence-corrected chi connectivity index (χ0v) is 21.1. The molecule has 0 radical (unpaired) electrons. The Morgan fingerprint density at radius 2 is 1.97 bits per heavy atom. The van der Waals surface area contributed by atoms with Crippen LogP contribution in [0.25, 0.3) is 16.7 Å². The maximum absolute atomic E-state index is 9.27. The number of nitrogens with zero attached hydrogens (tertiary/aromatic N) is 6. The zero-order valence-electron chi connectivity index (χ0n) is 20.3. The number of piperidine rings is 1. The summed E-state index contributed by atoms with van der Waals surface area (Å²) in [7, 11) is 1.61. The molecule has 3 aliphatic rings. The summed E-state index contributed by atoms with van der Waals surface area (Å²) in [6.45, 7) is 7.52. The molecule has 0 bridgehead atoms. The highest BCUT2D eigenvalue weighted by Crippen LogP contribution is 2.46. The first-order chi connectivity index (χ1) is 17.1. The summed E-state index contributed by atoms with van der Waals surface area (Å²) in [5.41, 5.74) is 3.74. The van der Waals surface area contributed by atoms with E-state index in [-0.39, 0.29) is 6.61 Å². The van der Waals surface area contributed by atoms with Crippen LogP contribution in [-0.2, 0) is 4.74 Å². The fraction of sp³-hybridized carbons (Fsp3) is 0.560. The molecule has 186 valence electrons. The molecular formula is C25H32N6O3S. The largest absolute Gasteiger partial charge is 0.467 e. The second kappa shape index (κ2) is 9.57. The predicted molar refractivity (Wildman–Crippen MR) is 137 cm³/mol. The van der Waals surface area contributed by atoms with Crippen LogP contribution in [0.5, 0.6) is 6.01 Å². The van der Waals surface area contributed by atoms with E-state index >= 15 is 0 Å². The van der Waals surface area contributed by atoms with Gasteiger partial charge in [-0.05, 0) is 62.0 Å². The van der Waals surface area contributed by atoms with Crippen LogP contribution in [0.15, 0.2) is 24.4 Å². The van der Waals surface area contributed by atoms with Crippen molar-refractivity contribution < 1.29 is 14.6 Å². The van der Waals surface area contributed by atoms with E-state index in [1.165, 1.54) is 11.1 Å². The van der Waals surface area contributed by atoms with Crippen molar-refractivity contribution >= 4 is 28.5 Å². The lowest BCUT2D eigenvalue weighted by Gasteiger charge is -2.32. The predicted octanol–water partition coefficient (Wildman–Crippen LogP) is 2.58. The van der Waals surface area contributed by atoms with E-state index in [0.717, 1.165) is 62.3 Å². The second-order valence-electron chi connectivity index (χ2n) is 9.57. The van der Waals surface area contributed by atoms with Gasteiger partial charge in [0.05, 0.1) is 49.3 Å². The number of thioether (sulfide) groups is 1. The number of likely N-dealkylation sites (tertiary alicyclic amines) is 1. The van der Waals surface area contributed by atoms with Crippen molar-refractivity contribution in [3.63, 3.8) is 0 Å². The summed E-state index contributed by atoms with van der Waals surface area (Å²) in [5.74, 6) is 2.07. The first kappa shape index (κ1) is 23.0. The van der Waals surface area contributed by atoms with Gasteiger partial charge in [0.25, 0.3) is 0 Å². The lowest BCUT2D eigenvalue weighted by molar-refractivity contribution is 0.157. The molecular weight excluding hydrogens is 464 g/mol. The fourth-order valence-corrected chi connectivity index (χ4v) is 6.48. The van der Waals surface area contributed by atoms with Gasteiger partial charge in [-0.1, -0.05) is 0 Å². The van der Waals surface area contributed by atoms with Crippen molar-refractivity contribution in [1.29, 1.82) is 0 Å². The van der Waals surface area contributed by atoms with E-state index in [1.807, 2.05) is 28.7 Å². The van der Waals surface area contributed by atoms with Gasteiger partial charge in [0.1, 0.15) is 5.82 Å². The van der Waals surface area contributed by atoms with Crippen LogP contribution < -0.4 is 9.64 Å². The molecule has 6 rings (SSSR count). The number of methoxy groups -OCH3 is 1. The number of β-amino-alcohol motifs (C(OH)–C–C–N with tert-alkyl or cyclic N) is 1. The summed E-state index contributed by atoms with van der Waals surface area (Å²) >= 11 is 1.92. The number of aryl methyl sites for hydroxylation is 1. The van der Waals surface area contributed by atoms with E-state index in [2.05, 4.69) is 38.8 Å². The number of benzene rings is 1. The number of anilines is 1. The average molecular weight is 497 g/mol. The Kier molecular flexibility index (Phi) is 6.30. The molecule has 9 nitrogen and oxygen atoms in total. The lowest BCUT2D eigenvalue weighted by atomic mass is 9.86. The molecule has 2 atom stereocenters. The third-order valence-corrected chi connectivity index (χ3v) is 8.68. The molecule has 0 spiro atoms. The summed E-state index contributed by atoms with van der Waals surface area (Å²) in [4.78, 5) is 14.0. The van der Waals surface area contributed by atoms with Crippen LogP contribution in [0, 0.1) is 6.92 Å². The number of hydrogen-bond acceptors (Lipinski definition) is 9. The molecule has 2 aromatic heterocycles. The molecule has 0 amide bonds. The van der Waals surface area contributed by atoms with Crippen LogP contribution in [0.3, 0.4) is 0 Å². The van der Waals surface area contributed by atoms with Gasteiger partial charge in [0.2, 0.25) is 0 Å². The highest BCUT2D eigenvalue weighted by molar-refractivity contribution is 8.07. The van der Waals surface area contributed by atoms with Crippen molar-refractivity contribution in [3.05, 3.63) is 35.5 Å². The van der Waals surface area contributed by atoms with Crippen molar-refractivity contribution in [2.24, 2.45) is 0 Å². The normalized spacial score (nSPS) is 23.3. The number of aliphatic hydroxyl groups excluding tert-OH is 1. The van der Waals surface area contributed by atoms with Gasteiger partial charge < -0.3 is 24.4 Å². The summed E-state index contributed by atoms with van der Waals surface area (Å²) in [6.07, 6.45) is 4.11. The van der Waals surface area contributed by atoms with E-state index < -0.39 is 0 Å². The highest BCUT2D eigenvalue weighted by atomic mass is 32.2. The SMILES string of the molecule is COc1nc(N2CCOCC3SC32)cc(-n2ncc3cc(C)c(C4CCN(CCO)CC4)cc32)n1. The third-order valence-electron chi connectivity index (χ3n) is 7.39. The number of aromatic nitrogens is 4. The molecule has 3 aromatic rings.